The second-order valence-electron chi connectivity index (χ2n) is 5.30. The van der Waals surface area contributed by atoms with Crippen molar-refractivity contribution >= 4 is 23.1 Å². The molecule has 0 spiro atoms. The highest BCUT2D eigenvalue weighted by Crippen LogP contribution is 2.39. The minimum Gasteiger partial charge on any atom is -0.485 e. The molecule has 24 heavy (non-hydrogen) atoms. The Morgan fingerprint density at radius 1 is 1.33 bits per heavy atom. The Morgan fingerprint density at radius 3 is 2.92 bits per heavy atom. The Morgan fingerprint density at radius 2 is 2.12 bits per heavy atom. The molecule has 1 aliphatic rings. The number of nitrogens with zero attached hydrogens (tertiary/aromatic N) is 2. The van der Waals surface area contributed by atoms with Gasteiger partial charge < -0.3 is 19.7 Å². The molecule has 7 heteroatoms. The first-order chi connectivity index (χ1) is 11.7. The van der Waals surface area contributed by atoms with Crippen LogP contribution in [0, 0.1) is 0 Å². The second kappa shape index (κ2) is 7.53. The van der Waals surface area contributed by atoms with Gasteiger partial charge >= 0.3 is 0 Å². The fourth-order valence-electron chi connectivity index (χ4n) is 2.65. The van der Waals surface area contributed by atoms with Crippen molar-refractivity contribution in [3.8, 4) is 11.5 Å². The molecule has 0 aromatic carbocycles. The Labute approximate surface area is 145 Å². The molecule has 0 saturated heterocycles. The minimum atomic E-state index is -0.152. The fourth-order valence-corrected chi connectivity index (χ4v) is 3.50. The lowest BCUT2D eigenvalue weighted by atomic mass is 10.2. The summed E-state index contributed by atoms with van der Waals surface area (Å²) in [5.41, 5.74) is 0.997. The summed E-state index contributed by atoms with van der Waals surface area (Å²) in [7, 11) is 0. The Balaban J connectivity index is 1.72. The number of ether oxygens (including phenoxy) is 2. The molecule has 2 aromatic rings. The molecule has 0 radical (unpaired) electrons. The van der Waals surface area contributed by atoms with Gasteiger partial charge in [0.2, 0.25) is 0 Å². The van der Waals surface area contributed by atoms with Gasteiger partial charge in [-0.05, 0) is 19.9 Å². The van der Waals surface area contributed by atoms with Crippen LogP contribution in [-0.4, -0.2) is 37.2 Å². The first kappa shape index (κ1) is 16.6. The summed E-state index contributed by atoms with van der Waals surface area (Å²) >= 11 is 1.34. The van der Waals surface area contributed by atoms with Gasteiger partial charge in [0, 0.05) is 36.8 Å². The number of hydrogen-bond donors (Lipinski definition) is 1. The molecule has 0 unspecified atom stereocenters. The highest BCUT2D eigenvalue weighted by Gasteiger charge is 2.23. The highest BCUT2D eigenvalue weighted by atomic mass is 32.1. The Bertz CT molecular complexity index is 713. The quantitative estimate of drug-likeness (QED) is 0.870. The number of fused-ring (bicyclic) bond motifs is 1. The molecule has 6 nitrogen and oxygen atoms in total. The lowest BCUT2D eigenvalue weighted by Gasteiger charge is -2.22. The number of carbonyl (C=O) groups is 1. The smallest absolute Gasteiger partial charge is 0.265 e. The second-order valence-corrected chi connectivity index (χ2v) is 6.18. The Kier molecular flexibility index (Phi) is 5.20. The van der Waals surface area contributed by atoms with Gasteiger partial charge in [-0.2, -0.15) is 0 Å². The molecule has 1 N–H and O–H groups in total. The number of thiophene rings is 1. The maximum Gasteiger partial charge on any atom is 0.265 e. The maximum atomic E-state index is 12.5. The summed E-state index contributed by atoms with van der Waals surface area (Å²) in [4.78, 5) is 19.7. The van der Waals surface area contributed by atoms with Crippen LogP contribution in [0.5, 0.6) is 11.5 Å². The van der Waals surface area contributed by atoms with Gasteiger partial charge in [-0.25, -0.2) is 4.98 Å². The van der Waals surface area contributed by atoms with Crippen LogP contribution in [0.3, 0.4) is 0 Å². The van der Waals surface area contributed by atoms with Gasteiger partial charge in [-0.3, -0.25) is 4.79 Å². The van der Waals surface area contributed by atoms with E-state index >= 15 is 0 Å². The highest BCUT2D eigenvalue weighted by molar-refractivity contribution is 7.12. The van der Waals surface area contributed by atoms with Crippen LogP contribution < -0.4 is 19.7 Å². The van der Waals surface area contributed by atoms with Crippen molar-refractivity contribution in [1.29, 1.82) is 0 Å². The van der Waals surface area contributed by atoms with Gasteiger partial charge in [0.25, 0.3) is 5.91 Å². The molecule has 0 atom stereocenters. The van der Waals surface area contributed by atoms with Crippen molar-refractivity contribution in [2.24, 2.45) is 0 Å². The van der Waals surface area contributed by atoms with E-state index in [1.807, 2.05) is 17.5 Å². The summed E-state index contributed by atoms with van der Waals surface area (Å²) in [6, 6.07) is 3.88. The molecule has 1 amide bonds. The molecule has 0 fully saturated rings. The number of pyridine rings is 1. The zero-order valence-electron chi connectivity index (χ0n) is 13.9. The molecule has 2 aromatic heterocycles. The topological polar surface area (TPSA) is 63.7 Å². The SMILES string of the molecule is CCN(CC)c1ncccc1CNC(=O)c1scc2c1OCCO2. The average molecular weight is 347 g/mol. The number of hydrogen-bond acceptors (Lipinski definition) is 6. The van der Waals surface area contributed by atoms with E-state index in [9.17, 15) is 4.79 Å². The summed E-state index contributed by atoms with van der Waals surface area (Å²) in [5, 5.41) is 4.78. The predicted molar refractivity (Wildman–Crippen MR) is 94.3 cm³/mol. The van der Waals surface area contributed by atoms with Crippen LogP contribution in [0.15, 0.2) is 23.7 Å². The predicted octanol–water partition coefficient (Wildman–Crippen LogP) is 2.69. The van der Waals surface area contributed by atoms with Crippen LogP contribution in [0.2, 0.25) is 0 Å². The zero-order chi connectivity index (χ0) is 16.9. The normalized spacial score (nSPS) is 12.8. The zero-order valence-corrected chi connectivity index (χ0v) is 14.7. The monoisotopic (exact) mass is 347 g/mol. The van der Waals surface area contributed by atoms with Crippen LogP contribution in [0.25, 0.3) is 0 Å². The number of amides is 1. The van der Waals surface area contributed by atoms with Gasteiger partial charge in [-0.15, -0.1) is 11.3 Å². The molecule has 0 saturated carbocycles. The summed E-state index contributed by atoms with van der Waals surface area (Å²) in [5.74, 6) is 1.97. The first-order valence-corrected chi connectivity index (χ1v) is 8.96. The molecular weight excluding hydrogens is 326 g/mol. The summed E-state index contributed by atoms with van der Waals surface area (Å²) in [6.07, 6.45) is 1.78. The number of aromatic nitrogens is 1. The minimum absolute atomic E-state index is 0.152. The van der Waals surface area contributed by atoms with Crippen molar-refractivity contribution in [3.05, 3.63) is 34.2 Å². The van der Waals surface area contributed by atoms with Crippen LogP contribution >= 0.6 is 11.3 Å². The summed E-state index contributed by atoms with van der Waals surface area (Å²) in [6.45, 7) is 7.35. The van der Waals surface area contributed by atoms with Gasteiger partial charge in [0.05, 0.1) is 0 Å². The van der Waals surface area contributed by atoms with Crippen LogP contribution in [0.4, 0.5) is 5.82 Å². The lowest BCUT2D eigenvalue weighted by Crippen LogP contribution is -2.28. The van der Waals surface area contributed by atoms with E-state index in [2.05, 4.69) is 29.0 Å². The first-order valence-electron chi connectivity index (χ1n) is 8.08. The molecule has 0 aliphatic carbocycles. The average Bonchev–Trinajstić information content (AvgIpc) is 3.06. The van der Waals surface area contributed by atoms with E-state index < -0.39 is 0 Å². The van der Waals surface area contributed by atoms with Crippen molar-refractivity contribution < 1.29 is 14.3 Å². The molecule has 3 heterocycles. The molecule has 128 valence electrons. The van der Waals surface area contributed by atoms with E-state index in [4.69, 9.17) is 9.47 Å². The van der Waals surface area contributed by atoms with E-state index in [1.54, 1.807) is 6.20 Å². The van der Waals surface area contributed by atoms with Crippen LogP contribution in [0.1, 0.15) is 29.1 Å². The van der Waals surface area contributed by atoms with E-state index in [0.29, 0.717) is 36.1 Å². The van der Waals surface area contributed by atoms with Gasteiger partial charge in [0.15, 0.2) is 11.5 Å². The largest absolute Gasteiger partial charge is 0.485 e. The van der Waals surface area contributed by atoms with Crippen LogP contribution in [-0.2, 0) is 6.54 Å². The standard InChI is InChI=1S/C17H21N3O3S/c1-3-20(4-2)16-12(6-5-7-18-16)10-19-17(21)15-14-13(11-24-15)22-8-9-23-14/h5-7,11H,3-4,8-10H2,1-2H3,(H,19,21). The third-order valence-electron chi connectivity index (χ3n) is 3.88. The van der Waals surface area contributed by atoms with E-state index in [0.717, 1.165) is 24.5 Å². The molecule has 3 rings (SSSR count). The lowest BCUT2D eigenvalue weighted by molar-refractivity contribution is 0.0946. The van der Waals surface area contributed by atoms with Crippen molar-refractivity contribution in [2.45, 2.75) is 20.4 Å². The number of carbonyl (C=O) groups excluding carboxylic acids is 1. The number of nitrogens with one attached hydrogen (secondary N) is 1. The maximum absolute atomic E-state index is 12.5. The molecule has 1 aliphatic heterocycles. The fraction of sp³-hybridized carbons (Fsp3) is 0.412. The van der Waals surface area contributed by atoms with E-state index in [1.165, 1.54) is 11.3 Å². The van der Waals surface area contributed by atoms with Crippen molar-refractivity contribution in [2.75, 3.05) is 31.2 Å². The van der Waals surface area contributed by atoms with Gasteiger partial charge in [-0.1, -0.05) is 6.07 Å². The summed E-state index contributed by atoms with van der Waals surface area (Å²) < 4.78 is 11.1. The third-order valence-corrected chi connectivity index (χ3v) is 4.82. The molecular formula is C17H21N3O3S. The molecule has 0 bridgehead atoms. The number of rotatable bonds is 6. The Hall–Kier alpha value is -2.28. The van der Waals surface area contributed by atoms with Crippen molar-refractivity contribution in [1.82, 2.24) is 10.3 Å². The number of anilines is 1. The van der Waals surface area contributed by atoms with E-state index in [-0.39, 0.29) is 5.91 Å². The van der Waals surface area contributed by atoms with Crippen molar-refractivity contribution in [3.63, 3.8) is 0 Å². The third kappa shape index (κ3) is 3.31. The van der Waals surface area contributed by atoms with Gasteiger partial charge in [0.1, 0.15) is 23.9 Å².